The fraction of sp³-hybridized carbons (Fsp3) is 1.00. The van der Waals surface area contributed by atoms with Crippen LogP contribution in [-0.2, 0) is 23.1 Å². The summed E-state index contributed by atoms with van der Waals surface area (Å²) in [6, 6.07) is 0. The number of rotatable bonds is 38. The van der Waals surface area contributed by atoms with Crippen molar-refractivity contribution in [2.24, 2.45) is 0 Å². The minimum atomic E-state index is -4.13. The fourth-order valence-electron chi connectivity index (χ4n) is 5.60. The summed E-state index contributed by atoms with van der Waals surface area (Å²) < 4.78 is 35.6. The van der Waals surface area contributed by atoms with E-state index in [-0.39, 0.29) is 19.3 Å². The molecule has 0 aromatic rings. The summed E-state index contributed by atoms with van der Waals surface area (Å²) in [5, 5.41) is 0. The summed E-state index contributed by atoms with van der Waals surface area (Å²) in [5.41, 5.74) is 0. The van der Waals surface area contributed by atoms with Gasteiger partial charge in [-0.15, -0.1) is 0 Å². The summed E-state index contributed by atoms with van der Waals surface area (Å²) in [5.74, 6) is 0. The highest BCUT2D eigenvalue weighted by molar-refractivity contribution is 7.47. The Balaban J connectivity index is 4.07. The summed E-state index contributed by atoms with van der Waals surface area (Å²) in [4.78, 5) is 10.2. The Morgan fingerprint density at radius 2 is 0.870 bits per heavy atom. The van der Waals surface area contributed by atoms with Crippen molar-refractivity contribution in [3.05, 3.63) is 0 Å². The van der Waals surface area contributed by atoms with E-state index in [1.54, 1.807) is 0 Å². The number of unbranched alkanes of at least 4 members (excludes halogenated alkanes) is 24. The summed E-state index contributed by atoms with van der Waals surface area (Å²) >= 11 is 0. The van der Waals surface area contributed by atoms with Gasteiger partial charge in [-0.2, -0.15) is 0 Å². The van der Waals surface area contributed by atoms with Crippen LogP contribution in [0.25, 0.3) is 0 Å². The second-order valence-electron chi connectivity index (χ2n) is 14.7. The van der Waals surface area contributed by atoms with E-state index in [4.69, 9.17) is 18.5 Å². The zero-order chi connectivity index (χ0) is 34.0. The molecule has 0 rings (SSSR count). The maximum atomic E-state index is 12.4. The van der Waals surface area contributed by atoms with Crippen LogP contribution in [0.3, 0.4) is 0 Å². The molecule has 7 nitrogen and oxygen atoms in total. The van der Waals surface area contributed by atoms with E-state index in [9.17, 15) is 9.46 Å². The van der Waals surface area contributed by atoms with E-state index in [1.807, 2.05) is 21.1 Å². The van der Waals surface area contributed by atoms with Crippen LogP contribution in [0.4, 0.5) is 0 Å². The van der Waals surface area contributed by atoms with E-state index >= 15 is 0 Å². The van der Waals surface area contributed by atoms with Crippen LogP contribution < -0.4 is 0 Å². The van der Waals surface area contributed by atoms with Crippen LogP contribution >= 0.6 is 7.82 Å². The lowest BCUT2D eigenvalue weighted by Crippen LogP contribution is -2.37. The molecule has 0 heterocycles. The van der Waals surface area contributed by atoms with Crippen molar-refractivity contribution in [1.29, 1.82) is 0 Å². The van der Waals surface area contributed by atoms with Crippen molar-refractivity contribution in [2.45, 2.75) is 187 Å². The second kappa shape index (κ2) is 33.5. The maximum Gasteiger partial charge on any atom is 0.472 e. The molecule has 0 radical (unpaired) electrons. The first-order valence-corrected chi connectivity index (χ1v) is 21.3. The number of phosphoric acid groups is 1. The smallest absolute Gasteiger partial charge is 0.379 e. The third-order valence-corrected chi connectivity index (χ3v) is 9.72. The lowest BCUT2D eigenvalue weighted by atomic mass is 10.0. The average Bonchev–Trinajstić information content (AvgIpc) is 3.00. The number of quaternary nitrogens is 1. The van der Waals surface area contributed by atoms with Gasteiger partial charge in [-0.25, -0.2) is 4.57 Å². The summed E-state index contributed by atoms with van der Waals surface area (Å²) in [6.07, 6.45) is 34.0. The Morgan fingerprint density at radius 1 is 0.500 bits per heavy atom. The average molecular weight is 679 g/mol. The molecule has 1 N–H and O–H groups in total. The molecule has 0 spiro atoms. The zero-order valence-corrected chi connectivity index (χ0v) is 32.5. The van der Waals surface area contributed by atoms with E-state index in [1.165, 1.54) is 148 Å². The van der Waals surface area contributed by atoms with E-state index in [0.717, 1.165) is 19.3 Å². The third-order valence-electron chi connectivity index (χ3n) is 8.74. The van der Waals surface area contributed by atoms with Crippen LogP contribution in [0.2, 0.25) is 0 Å². The topological polar surface area (TPSA) is 74.2 Å². The van der Waals surface area contributed by atoms with Gasteiger partial charge in [-0.1, -0.05) is 168 Å². The van der Waals surface area contributed by atoms with Crippen molar-refractivity contribution in [3.8, 4) is 0 Å². The van der Waals surface area contributed by atoms with Crippen molar-refractivity contribution in [3.63, 3.8) is 0 Å². The lowest BCUT2D eigenvalue weighted by molar-refractivity contribution is -0.870. The van der Waals surface area contributed by atoms with E-state index < -0.39 is 7.82 Å². The highest BCUT2D eigenvalue weighted by Gasteiger charge is 2.25. The van der Waals surface area contributed by atoms with Gasteiger partial charge in [-0.3, -0.25) is 9.05 Å². The molecule has 0 amide bonds. The Hall–Kier alpha value is -0.0100. The first kappa shape index (κ1) is 46.0. The number of likely N-dealkylation sites (N-methyl/N-ethyl adjacent to an activating group) is 1. The standard InChI is InChI=1S/C38H80NO6P/c1-6-8-10-12-14-16-18-19-20-21-22-23-25-27-29-31-34-43-38(37-45-46(40,41)44-35-32-39(3,4)5)36-42-33-30-28-26-24-17-15-13-11-9-7-2/h38H,6-37H2,1-5H3/p+1/t38-/m1/s1. The Bertz CT molecular complexity index is 660. The molecule has 278 valence electrons. The lowest BCUT2D eigenvalue weighted by Gasteiger charge is -2.24. The van der Waals surface area contributed by atoms with Crippen LogP contribution in [0, 0.1) is 0 Å². The number of ether oxygens (including phenoxy) is 2. The normalized spacial score (nSPS) is 14.1. The molecule has 0 aromatic carbocycles. The van der Waals surface area contributed by atoms with Gasteiger partial charge in [0.1, 0.15) is 19.3 Å². The molecule has 0 aromatic heterocycles. The van der Waals surface area contributed by atoms with Gasteiger partial charge in [0, 0.05) is 13.2 Å². The van der Waals surface area contributed by atoms with Crippen LogP contribution in [0.5, 0.6) is 0 Å². The molecule has 0 fully saturated rings. The number of hydrogen-bond donors (Lipinski definition) is 1. The molecular formula is C38H81NO6P+. The van der Waals surface area contributed by atoms with E-state index in [0.29, 0.717) is 30.8 Å². The SMILES string of the molecule is CCCCCCCCCCCCCCCCCCO[C@H](COCCCCCCCCCCCC)COP(=O)(O)OCC[N+](C)(C)C. The third kappa shape index (κ3) is 36.8. The Morgan fingerprint density at radius 3 is 1.26 bits per heavy atom. The van der Waals surface area contributed by atoms with Gasteiger partial charge < -0.3 is 18.9 Å². The van der Waals surface area contributed by atoms with Crippen LogP contribution in [-0.4, -0.2) is 76.2 Å². The molecule has 46 heavy (non-hydrogen) atoms. The predicted molar refractivity (Wildman–Crippen MR) is 197 cm³/mol. The number of nitrogens with zero attached hydrogens (tertiary/aromatic N) is 1. The van der Waals surface area contributed by atoms with E-state index in [2.05, 4.69) is 13.8 Å². The van der Waals surface area contributed by atoms with Gasteiger partial charge >= 0.3 is 7.82 Å². The molecule has 1 unspecified atom stereocenters. The molecule has 0 saturated heterocycles. The van der Waals surface area contributed by atoms with Gasteiger partial charge in [0.05, 0.1) is 34.4 Å². The molecule has 0 aliphatic rings. The quantitative estimate of drug-likeness (QED) is 0.0398. The minimum Gasteiger partial charge on any atom is -0.379 e. The van der Waals surface area contributed by atoms with Gasteiger partial charge in [0.2, 0.25) is 0 Å². The second-order valence-corrected chi connectivity index (χ2v) is 16.1. The van der Waals surface area contributed by atoms with Gasteiger partial charge in [0.25, 0.3) is 0 Å². The first-order chi connectivity index (χ1) is 22.2. The molecule has 0 aliphatic carbocycles. The fourth-order valence-corrected chi connectivity index (χ4v) is 6.34. The first-order valence-electron chi connectivity index (χ1n) is 19.8. The predicted octanol–water partition coefficient (Wildman–Crippen LogP) is 11.4. The Kier molecular flexibility index (Phi) is 33.5. The van der Waals surface area contributed by atoms with Crippen LogP contribution in [0.1, 0.15) is 181 Å². The monoisotopic (exact) mass is 679 g/mol. The van der Waals surface area contributed by atoms with Crippen LogP contribution in [0.15, 0.2) is 0 Å². The summed E-state index contributed by atoms with van der Waals surface area (Å²) in [7, 11) is 1.92. The zero-order valence-electron chi connectivity index (χ0n) is 31.6. The molecule has 0 aliphatic heterocycles. The highest BCUT2D eigenvalue weighted by atomic mass is 31.2. The molecule has 2 atom stereocenters. The number of phosphoric ester groups is 1. The minimum absolute atomic E-state index is 0.00492. The van der Waals surface area contributed by atoms with Crippen molar-refractivity contribution < 1.29 is 32.5 Å². The van der Waals surface area contributed by atoms with Crippen molar-refractivity contribution in [1.82, 2.24) is 0 Å². The molecule has 0 saturated carbocycles. The summed E-state index contributed by atoms with van der Waals surface area (Å²) in [6.45, 7) is 7.00. The maximum absolute atomic E-state index is 12.4. The van der Waals surface area contributed by atoms with Crippen molar-refractivity contribution >= 4 is 7.82 Å². The molecule has 0 bridgehead atoms. The largest absolute Gasteiger partial charge is 0.472 e. The highest BCUT2D eigenvalue weighted by Crippen LogP contribution is 2.43. The molecular weight excluding hydrogens is 597 g/mol. The van der Waals surface area contributed by atoms with Crippen molar-refractivity contribution in [2.75, 3.05) is 60.7 Å². The van der Waals surface area contributed by atoms with Gasteiger partial charge in [0.15, 0.2) is 0 Å². The number of hydrogen-bond acceptors (Lipinski definition) is 5. The van der Waals surface area contributed by atoms with Gasteiger partial charge in [-0.05, 0) is 12.8 Å². The Labute approximate surface area is 287 Å². The molecule has 8 heteroatoms.